The molecule has 0 N–H and O–H groups in total. The van der Waals surface area contributed by atoms with E-state index in [-0.39, 0.29) is 0 Å². The minimum Gasteiger partial charge on any atom is -0.274 e. The minimum atomic E-state index is -0.489. The lowest BCUT2D eigenvalue weighted by Gasteiger charge is -1.92. The number of carbonyl (C=O) groups excluding carboxylic acids is 1. The van der Waals surface area contributed by atoms with Gasteiger partial charge in [-0.25, -0.2) is 0 Å². The predicted octanol–water partition coefficient (Wildman–Crippen LogP) is 2.98. The summed E-state index contributed by atoms with van der Waals surface area (Å²) in [4.78, 5) is 10.9. The van der Waals surface area contributed by atoms with E-state index in [2.05, 4.69) is 4.37 Å². The SMILES string of the molecule is Cc1cccc2c(C(=O)Cl)nsc12. The molecule has 0 aliphatic rings. The molecule has 13 heavy (non-hydrogen) atoms. The Hall–Kier alpha value is -0.930. The van der Waals surface area contributed by atoms with E-state index < -0.39 is 5.24 Å². The van der Waals surface area contributed by atoms with E-state index in [1.54, 1.807) is 0 Å². The molecule has 0 radical (unpaired) electrons. The van der Waals surface area contributed by atoms with Crippen LogP contribution in [0, 0.1) is 6.92 Å². The van der Waals surface area contributed by atoms with Crippen LogP contribution in [0.4, 0.5) is 0 Å². The predicted molar refractivity (Wildman–Crippen MR) is 54.5 cm³/mol. The van der Waals surface area contributed by atoms with E-state index in [0.29, 0.717) is 5.69 Å². The molecule has 2 aromatic rings. The van der Waals surface area contributed by atoms with Crippen molar-refractivity contribution >= 4 is 38.5 Å². The van der Waals surface area contributed by atoms with Crippen molar-refractivity contribution in [3.05, 3.63) is 29.5 Å². The van der Waals surface area contributed by atoms with Gasteiger partial charge in [-0.1, -0.05) is 18.2 Å². The number of hydrogen-bond donors (Lipinski definition) is 0. The monoisotopic (exact) mass is 211 g/mol. The first kappa shape index (κ1) is 8.66. The van der Waals surface area contributed by atoms with Gasteiger partial charge in [0.25, 0.3) is 5.24 Å². The van der Waals surface area contributed by atoms with Crippen LogP contribution < -0.4 is 0 Å². The molecular weight excluding hydrogens is 206 g/mol. The summed E-state index contributed by atoms with van der Waals surface area (Å²) in [5, 5.41) is 0.363. The Balaban J connectivity index is 2.83. The van der Waals surface area contributed by atoms with Crippen LogP contribution in [0.1, 0.15) is 16.1 Å². The summed E-state index contributed by atoms with van der Waals surface area (Å²) in [6, 6.07) is 5.75. The fourth-order valence-corrected chi connectivity index (χ4v) is 2.28. The molecule has 66 valence electrons. The van der Waals surface area contributed by atoms with E-state index in [1.807, 2.05) is 25.1 Å². The van der Waals surface area contributed by atoms with Gasteiger partial charge in [0.05, 0.1) is 4.70 Å². The van der Waals surface area contributed by atoms with Gasteiger partial charge in [-0.3, -0.25) is 4.79 Å². The van der Waals surface area contributed by atoms with Gasteiger partial charge in [0.15, 0.2) is 0 Å². The maximum Gasteiger partial charge on any atom is 0.272 e. The Kier molecular flexibility index (Phi) is 2.06. The van der Waals surface area contributed by atoms with Crippen LogP contribution in [-0.4, -0.2) is 9.62 Å². The Morgan fingerprint density at radius 1 is 1.54 bits per heavy atom. The van der Waals surface area contributed by atoms with E-state index in [0.717, 1.165) is 15.6 Å². The van der Waals surface area contributed by atoms with Crippen LogP contribution in [-0.2, 0) is 0 Å². The molecule has 0 aliphatic heterocycles. The van der Waals surface area contributed by atoms with Crippen LogP contribution >= 0.6 is 23.1 Å². The minimum absolute atomic E-state index is 0.366. The van der Waals surface area contributed by atoms with Crippen LogP contribution in [0.15, 0.2) is 18.2 Å². The molecule has 0 unspecified atom stereocenters. The summed E-state index contributed by atoms with van der Waals surface area (Å²) in [5.41, 5.74) is 1.49. The summed E-state index contributed by atoms with van der Waals surface area (Å²) in [7, 11) is 0. The van der Waals surface area contributed by atoms with Crippen molar-refractivity contribution in [1.82, 2.24) is 4.37 Å². The van der Waals surface area contributed by atoms with E-state index in [1.165, 1.54) is 11.5 Å². The number of hydrogen-bond acceptors (Lipinski definition) is 3. The van der Waals surface area contributed by atoms with E-state index in [9.17, 15) is 4.79 Å². The van der Waals surface area contributed by atoms with Crippen LogP contribution in [0.2, 0.25) is 0 Å². The second kappa shape index (κ2) is 3.09. The number of nitrogens with zero attached hydrogens (tertiary/aromatic N) is 1. The van der Waals surface area contributed by atoms with Crippen molar-refractivity contribution in [3.8, 4) is 0 Å². The highest BCUT2D eigenvalue weighted by molar-refractivity contribution is 7.14. The van der Waals surface area contributed by atoms with Crippen molar-refractivity contribution in [2.75, 3.05) is 0 Å². The smallest absolute Gasteiger partial charge is 0.272 e. The molecule has 0 saturated carbocycles. The van der Waals surface area contributed by atoms with Gasteiger partial charge < -0.3 is 0 Å². The Morgan fingerprint density at radius 2 is 2.31 bits per heavy atom. The molecule has 0 spiro atoms. The summed E-state index contributed by atoms with van der Waals surface area (Å²) in [6.45, 7) is 1.99. The molecule has 0 aliphatic carbocycles. The lowest BCUT2D eigenvalue weighted by Crippen LogP contribution is -1.87. The summed E-state index contributed by atoms with van der Waals surface area (Å²) >= 11 is 6.69. The second-order valence-corrected chi connectivity index (χ2v) is 3.87. The van der Waals surface area contributed by atoms with Crippen molar-refractivity contribution in [2.24, 2.45) is 0 Å². The topological polar surface area (TPSA) is 30.0 Å². The molecule has 1 aromatic heterocycles. The molecule has 1 heterocycles. The number of fused-ring (bicyclic) bond motifs is 1. The van der Waals surface area contributed by atoms with Gasteiger partial charge in [-0.15, -0.1) is 0 Å². The van der Waals surface area contributed by atoms with Gasteiger partial charge in [0.1, 0.15) is 5.69 Å². The molecule has 0 amide bonds. The van der Waals surface area contributed by atoms with Gasteiger partial charge in [-0.05, 0) is 35.6 Å². The first-order valence-corrected chi connectivity index (χ1v) is 4.90. The van der Waals surface area contributed by atoms with Crippen molar-refractivity contribution in [2.45, 2.75) is 6.92 Å². The molecule has 1 aromatic carbocycles. The van der Waals surface area contributed by atoms with E-state index >= 15 is 0 Å². The lowest BCUT2D eigenvalue weighted by atomic mass is 10.1. The summed E-state index contributed by atoms with van der Waals surface area (Å²) in [5.74, 6) is 0. The molecular formula is C9H6ClNOS. The highest BCUT2D eigenvalue weighted by atomic mass is 35.5. The van der Waals surface area contributed by atoms with E-state index in [4.69, 9.17) is 11.6 Å². The zero-order valence-corrected chi connectivity index (χ0v) is 8.45. The van der Waals surface area contributed by atoms with Crippen LogP contribution in [0.5, 0.6) is 0 Å². The standard InChI is InChI=1S/C9H6ClNOS/c1-5-3-2-4-6-7(9(10)12)11-13-8(5)6/h2-4H,1H3. The summed E-state index contributed by atoms with van der Waals surface area (Å²) in [6.07, 6.45) is 0. The van der Waals surface area contributed by atoms with Crippen LogP contribution in [0.3, 0.4) is 0 Å². The Bertz CT molecular complexity index is 477. The highest BCUT2D eigenvalue weighted by Gasteiger charge is 2.12. The Labute approximate surface area is 84.3 Å². The third-order valence-electron chi connectivity index (χ3n) is 1.88. The summed E-state index contributed by atoms with van der Waals surface area (Å²) < 4.78 is 5.05. The zero-order valence-electron chi connectivity index (χ0n) is 6.87. The van der Waals surface area contributed by atoms with Gasteiger partial charge in [0.2, 0.25) is 0 Å². The number of halogens is 1. The molecule has 0 atom stereocenters. The fraction of sp³-hybridized carbons (Fsp3) is 0.111. The highest BCUT2D eigenvalue weighted by Crippen LogP contribution is 2.26. The first-order chi connectivity index (χ1) is 6.20. The maximum absolute atomic E-state index is 10.9. The largest absolute Gasteiger partial charge is 0.274 e. The molecule has 2 rings (SSSR count). The molecule has 0 bridgehead atoms. The van der Waals surface area contributed by atoms with Crippen LogP contribution in [0.25, 0.3) is 10.1 Å². The average molecular weight is 212 g/mol. The Morgan fingerprint density at radius 3 is 3.00 bits per heavy atom. The van der Waals surface area contributed by atoms with Gasteiger partial charge in [0, 0.05) is 5.39 Å². The third kappa shape index (κ3) is 1.34. The maximum atomic E-state index is 10.9. The lowest BCUT2D eigenvalue weighted by molar-refractivity contribution is 0.107. The number of aryl methyl sites for hydroxylation is 1. The third-order valence-corrected chi connectivity index (χ3v) is 3.06. The number of carbonyl (C=O) groups is 1. The molecule has 2 nitrogen and oxygen atoms in total. The second-order valence-electron chi connectivity index (χ2n) is 2.76. The van der Waals surface area contributed by atoms with Gasteiger partial charge in [-0.2, -0.15) is 4.37 Å². The van der Waals surface area contributed by atoms with Crippen molar-refractivity contribution < 1.29 is 4.79 Å². The first-order valence-electron chi connectivity index (χ1n) is 3.75. The molecule has 4 heteroatoms. The number of rotatable bonds is 1. The van der Waals surface area contributed by atoms with Crippen molar-refractivity contribution in [1.29, 1.82) is 0 Å². The fourth-order valence-electron chi connectivity index (χ4n) is 1.24. The molecule has 0 saturated heterocycles. The van der Waals surface area contributed by atoms with Gasteiger partial charge >= 0.3 is 0 Å². The zero-order chi connectivity index (χ0) is 9.42. The number of aromatic nitrogens is 1. The number of benzene rings is 1. The normalized spacial score (nSPS) is 10.6. The van der Waals surface area contributed by atoms with Crippen molar-refractivity contribution in [3.63, 3.8) is 0 Å². The average Bonchev–Trinajstić information content (AvgIpc) is 2.48. The molecule has 0 fully saturated rings. The quantitative estimate of drug-likeness (QED) is 0.679.